The van der Waals surface area contributed by atoms with Crippen molar-refractivity contribution in [2.24, 2.45) is 5.92 Å². The molecular weight excluding hydrogens is 152 g/mol. The maximum absolute atomic E-state index is 5.64. The zero-order valence-electron chi connectivity index (χ0n) is 7.64. The van der Waals surface area contributed by atoms with Gasteiger partial charge in [-0.05, 0) is 12.3 Å². The van der Waals surface area contributed by atoms with Crippen molar-refractivity contribution < 1.29 is 9.47 Å². The second-order valence-electron chi connectivity index (χ2n) is 3.87. The van der Waals surface area contributed by atoms with Gasteiger partial charge >= 0.3 is 0 Å². The largest absolute Gasteiger partial charge is 0.348 e. The van der Waals surface area contributed by atoms with Gasteiger partial charge in [-0.1, -0.05) is 19.1 Å². The Morgan fingerprint density at radius 1 is 1.42 bits per heavy atom. The monoisotopic (exact) mass is 168 g/mol. The first-order valence-corrected chi connectivity index (χ1v) is 4.67. The van der Waals surface area contributed by atoms with Gasteiger partial charge in [0.15, 0.2) is 5.79 Å². The fourth-order valence-corrected chi connectivity index (χ4v) is 2.07. The molecule has 0 bridgehead atoms. The van der Waals surface area contributed by atoms with E-state index in [4.69, 9.17) is 9.47 Å². The molecule has 1 aliphatic carbocycles. The van der Waals surface area contributed by atoms with Gasteiger partial charge in [-0.25, -0.2) is 0 Å². The summed E-state index contributed by atoms with van der Waals surface area (Å²) in [5.41, 5.74) is 1.35. The van der Waals surface area contributed by atoms with E-state index < -0.39 is 0 Å². The molecule has 1 saturated carbocycles. The van der Waals surface area contributed by atoms with Crippen molar-refractivity contribution in [3.8, 4) is 0 Å². The van der Waals surface area contributed by atoms with Crippen LogP contribution in [0.25, 0.3) is 0 Å². The summed E-state index contributed by atoms with van der Waals surface area (Å²) in [6, 6.07) is 0. The van der Waals surface area contributed by atoms with Crippen LogP contribution in [0, 0.1) is 5.92 Å². The summed E-state index contributed by atoms with van der Waals surface area (Å²) in [4.78, 5) is 0. The van der Waals surface area contributed by atoms with E-state index in [0.717, 1.165) is 32.5 Å². The summed E-state index contributed by atoms with van der Waals surface area (Å²) in [6.45, 7) is 7.77. The van der Waals surface area contributed by atoms with E-state index in [9.17, 15) is 0 Å². The van der Waals surface area contributed by atoms with Crippen LogP contribution in [-0.4, -0.2) is 19.0 Å². The average molecular weight is 168 g/mol. The predicted octanol–water partition coefficient (Wildman–Crippen LogP) is 2.11. The standard InChI is InChI=1S/C10H16O2/c1-8-3-4-10(7-9(8)2)11-5-6-12-10/h9H,1,3-7H2,2H3/t9-/m1/s1. The molecule has 0 N–H and O–H groups in total. The minimum atomic E-state index is -0.236. The van der Waals surface area contributed by atoms with Gasteiger partial charge in [0, 0.05) is 12.8 Å². The van der Waals surface area contributed by atoms with Crippen LogP contribution in [0.15, 0.2) is 12.2 Å². The van der Waals surface area contributed by atoms with Gasteiger partial charge in [-0.15, -0.1) is 0 Å². The molecule has 12 heavy (non-hydrogen) atoms. The zero-order chi connectivity index (χ0) is 8.60. The second kappa shape index (κ2) is 2.86. The highest BCUT2D eigenvalue weighted by Crippen LogP contribution is 2.40. The van der Waals surface area contributed by atoms with Gasteiger partial charge in [-0.3, -0.25) is 0 Å². The summed E-state index contributed by atoms with van der Waals surface area (Å²) in [5, 5.41) is 0. The molecule has 1 saturated heterocycles. The first kappa shape index (κ1) is 8.27. The zero-order valence-corrected chi connectivity index (χ0v) is 7.64. The van der Waals surface area contributed by atoms with Crippen LogP contribution in [0.3, 0.4) is 0 Å². The summed E-state index contributed by atoms with van der Waals surface area (Å²) in [5.74, 6) is 0.317. The summed E-state index contributed by atoms with van der Waals surface area (Å²) in [7, 11) is 0. The molecule has 1 spiro atoms. The number of hydrogen-bond acceptors (Lipinski definition) is 2. The van der Waals surface area contributed by atoms with E-state index in [-0.39, 0.29) is 5.79 Å². The number of hydrogen-bond donors (Lipinski definition) is 0. The minimum Gasteiger partial charge on any atom is -0.348 e. The summed E-state index contributed by atoms with van der Waals surface area (Å²) < 4.78 is 11.3. The van der Waals surface area contributed by atoms with Gasteiger partial charge in [0.2, 0.25) is 0 Å². The molecule has 1 atom stereocenters. The van der Waals surface area contributed by atoms with E-state index in [1.165, 1.54) is 5.57 Å². The molecule has 0 aromatic heterocycles. The Labute approximate surface area is 73.5 Å². The van der Waals surface area contributed by atoms with Crippen molar-refractivity contribution in [1.82, 2.24) is 0 Å². The quantitative estimate of drug-likeness (QED) is 0.516. The molecule has 2 nitrogen and oxygen atoms in total. The van der Waals surface area contributed by atoms with Crippen LogP contribution >= 0.6 is 0 Å². The van der Waals surface area contributed by atoms with Crippen LogP contribution in [-0.2, 0) is 9.47 Å². The van der Waals surface area contributed by atoms with Crippen molar-refractivity contribution in [2.45, 2.75) is 32.0 Å². The lowest BCUT2D eigenvalue weighted by Gasteiger charge is -2.36. The molecular formula is C10H16O2. The molecule has 0 radical (unpaired) electrons. The number of rotatable bonds is 0. The Kier molecular flexibility index (Phi) is 1.97. The van der Waals surface area contributed by atoms with Crippen molar-refractivity contribution in [1.29, 1.82) is 0 Å². The Hall–Kier alpha value is -0.340. The van der Waals surface area contributed by atoms with E-state index in [0.29, 0.717) is 5.92 Å². The van der Waals surface area contributed by atoms with E-state index in [1.54, 1.807) is 0 Å². The van der Waals surface area contributed by atoms with Gasteiger partial charge < -0.3 is 9.47 Å². The number of allylic oxidation sites excluding steroid dienone is 1. The number of ether oxygens (including phenoxy) is 2. The van der Waals surface area contributed by atoms with Crippen LogP contribution in [0.1, 0.15) is 26.2 Å². The van der Waals surface area contributed by atoms with Gasteiger partial charge in [-0.2, -0.15) is 0 Å². The predicted molar refractivity (Wildman–Crippen MR) is 46.8 cm³/mol. The van der Waals surface area contributed by atoms with E-state index in [1.807, 2.05) is 0 Å². The fourth-order valence-electron chi connectivity index (χ4n) is 2.07. The molecule has 2 rings (SSSR count). The van der Waals surface area contributed by atoms with Gasteiger partial charge in [0.05, 0.1) is 13.2 Å². The first-order valence-electron chi connectivity index (χ1n) is 4.67. The lowest BCUT2D eigenvalue weighted by atomic mass is 9.82. The van der Waals surface area contributed by atoms with Crippen molar-refractivity contribution in [3.63, 3.8) is 0 Å². The van der Waals surface area contributed by atoms with Gasteiger partial charge in [0.25, 0.3) is 0 Å². The third-order valence-electron chi connectivity index (χ3n) is 2.95. The fraction of sp³-hybridized carbons (Fsp3) is 0.800. The lowest BCUT2D eigenvalue weighted by Crippen LogP contribution is -2.36. The molecule has 0 aromatic carbocycles. The Morgan fingerprint density at radius 2 is 2.08 bits per heavy atom. The average Bonchev–Trinajstić information content (AvgIpc) is 2.47. The smallest absolute Gasteiger partial charge is 0.169 e. The van der Waals surface area contributed by atoms with Crippen molar-refractivity contribution >= 4 is 0 Å². The summed E-state index contributed by atoms with van der Waals surface area (Å²) >= 11 is 0. The maximum Gasteiger partial charge on any atom is 0.169 e. The molecule has 1 heterocycles. The molecule has 68 valence electrons. The minimum absolute atomic E-state index is 0.236. The Balaban J connectivity index is 2.05. The third kappa shape index (κ3) is 1.29. The van der Waals surface area contributed by atoms with Crippen LogP contribution in [0.2, 0.25) is 0 Å². The molecule has 0 aromatic rings. The van der Waals surface area contributed by atoms with E-state index >= 15 is 0 Å². The first-order chi connectivity index (χ1) is 5.72. The molecule has 2 fully saturated rings. The molecule has 0 unspecified atom stereocenters. The molecule has 2 aliphatic rings. The normalized spacial score (nSPS) is 34.4. The van der Waals surface area contributed by atoms with Crippen molar-refractivity contribution in [2.75, 3.05) is 13.2 Å². The summed E-state index contributed by atoms with van der Waals surface area (Å²) in [6.07, 6.45) is 3.04. The molecule has 1 aliphatic heterocycles. The van der Waals surface area contributed by atoms with Crippen LogP contribution < -0.4 is 0 Å². The Morgan fingerprint density at radius 3 is 2.67 bits per heavy atom. The van der Waals surface area contributed by atoms with Crippen LogP contribution in [0.5, 0.6) is 0 Å². The molecule has 0 amide bonds. The SMILES string of the molecule is C=C1CCC2(C[C@H]1C)OCCO2. The van der Waals surface area contributed by atoms with Gasteiger partial charge in [0.1, 0.15) is 0 Å². The third-order valence-corrected chi connectivity index (χ3v) is 2.95. The maximum atomic E-state index is 5.64. The van der Waals surface area contributed by atoms with E-state index in [2.05, 4.69) is 13.5 Å². The highest BCUT2D eigenvalue weighted by atomic mass is 16.7. The highest BCUT2D eigenvalue weighted by molar-refractivity contribution is 5.06. The second-order valence-corrected chi connectivity index (χ2v) is 3.87. The van der Waals surface area contributed by atoms with Crippen molar-refractivity contribution in [3.05, 3.63) is 12.2 Å². The lowest BCUT2D eigenvalue weighted by molar-refractivity contribution is -0.178. The highest BCUT2D eigenvalue weighted by Gasteiger charge is 2.41. The molecule has 2 heteroatoms. The van der Waals surface area contributed by atoms with Crippen LogP contribution in [0.4, 0.5) is 0 Å². The topological polar surface area (TPSA) is 18.5 Å². The Bertz CT molecular complexity index is 192.